The van der Waals surface area contributed by atoms with Crippen molar-refractivity contribution in [1.29, 1.82) is 0 Å². The van der Waals surface area contributed by atoms with Crippen LogP contribution in [-0.2, 0) is 0 Å². The van der Waals surface area contributed by atoms with Crippen LogP contribution in [0, 0.1) is 0 Å². The fraction of sp³-hybridized carbons (Fsp3) is 0.450. The van der Waals surface area contributed by atoms with Crippen molar-refractivity contribution >= 4 is 5.91 Å². The zero-order valence-electron chi connectivity index (χ0n) is 15.1. The number of aromatic nitrogens is 2. The molecule has 0 radical (unpaired) electrons. The van der Waals surface area contributed by atoms with Gasteiger partial charge in [-0.05, 0) is 43.5 Å². The van der Waals surface area contributed by atoms with Gasteiger partial charge in [-0.15, -0.1) is 0 Å². The number of nitrogens with zero attached hydrogens (tertiary/aromatic N) is 3. The molecule has 1 unspecified atom stereocenters. The second-order valence-electron chi connectivity index (χ2n) is 6.40. The molecule has 0 spiro atoms. The standard InChI is InChI=1S/C20H25N3O3/c1-2-3-13-25-17-8-6-16(7-9-17)20(24)23-12-4-5-18(15-23)26-19-14-21-10-11-22-19/h6-11,14,18H,2-5,12-13,15H2,1H3. The molecule has 1 saturated heterocycles. The smallest absolute Gasteiger partial charge is 0.253 e. The second kappa shape index (κ2) is 9.17. The minimum absolute atomic E-state index is 0.0255. The molecule has 6 nitrogen and oxygen atoms in total. The van der Waals surface area contributed by atoms with Crippen LogP contribution >= 0.6 is 0 Å². The minimum Gasteiger partial charge on any atom is -0.494 e. The summed E-state index contributed by atoms with van der Waals surface area (Å²) in [6.45, 7) is 4.14. The summed E-state index contributed by atoms with van der Waals surface area (Å²) in [4.78, 5) is 22.8. The Balaban J connectivity index is 1.56. The first-order chi connectivity index (χ1) is 12.8. The number of ether oxygens (including phenoxy) is 2. The third-order valence-corrected chi connectivity index (χ3v) is 4.36. The van der Waals surface area contributed by atoms with E-state index < -0.39 is 0 Å². The van der Waals surface area contributed by atoms with Gasteiger partial charge in [0.15, 0.2) is 0 Å². The van der Waals surface area contributed by atoms with Crippen LogP contribution in [0.25, 0.3) is 0 Å². The molecule has 0 saturated carbocycles. The lowest BCUT2D eigenvalue weighted by molar-refractivity contribution is 0.0527. The Morgan fingerprint density at radius 3 is 2.85 bits per heavy atom. The maximum Gasteiger partial charge on any atom is 0.253 e. The Bertz CT molecular complexity index is 691. The number of amides is 1. The molecule has 1 aliphatic rings. The van der Waals surface area contributed by atoms with Crippen LogP contribution in [-0.4, -0.2) is 46.6 Å². The van der Waals surface area contributed by atoms with Gasteiger partial charge in [-0.3, -0.25) is 9.78 Å². The van der Waals surface area contributed by atoms with Gasteiger partial charge in [-0.25, -0.2) is 4.98 Å². The molecule has 2 heterocycles. The summed E-state index contributed by atoms with van der Waals surface area (Å²) < 4.78 is 11.5. The van der Waals surface area contributed by atoms with E-state index in [0.717, 1.165) is 38.0 Å². The summed E-state index contributed by atoms with van der Waals surface area (Å²) in [6, 6.07) is 7.38. The second-order valence-corrected chi connectivity index (χ2v) is 6.40. The highest BCUT2D eigenvalue weighted by Gasteiger charge is 2.26. The highest BCUT2D eigenvalue weighted by atomic mass is 16.5. The summed E-state index contributed by atoms with van der Waals surface area (Å²) in [5, 5.41) is 0. The van der Waals surface area contributed by atoms with E-state index in [1.54, 1.807) is 18.6 Å². The highest BCUT2D eigenvalue weighted by molar-refractivity contribution is 5.94. The van der Waals surface area contributed by atoms with Crippen molar-refractivity contribution in [2.24, 2.45) is 0 Å². The van der Waals surface area contributed by atoms with E-state index in [0.29, 0.717) is 24.6 Å². The van der Waals surface area contributed by atoms with Crippen LogP contribution in [0.3, 0.4) is 0 Å². The number of hydrogen-bond donors (Lipinski definition) is 0. The van der Waals surface area contributed by atoms with Gasteiger partial charge in [0.25, 0.3) is 5.91 Å². The third-order valence-electron chi connectivity index (χ3n) is 4.36. The molecule has 138 valence electrons. The quantitative estimate of drug-likeness (QED) is 0.713. The van der Waals surface area contributed by atoms with E-state index >= 15 is 0 Å². The Morgan fingerprint density at radius 1 is 1.27 bits per heavy atom. The van der Waals surface area contributed by atoms with Crippen LogP contribution in [0.2, 0.25) is 0 Å². The number of hydrogen-bond acceptors (Lipinski definition) is 5. The first-order valence-corrected chi connectivity index (χ1v) is 9.21. The van der Waals surface area contributed by atoms with Crippen LogP contribution in [0.5, 0.6) is 11.6 Å². The molecule has 3 rings (SSSR count). The summed E-state index contributed by atoms with van der Waals surface area (Å²) in [6.07, 6.45) is 8.70. The van der Waals surface area contributed by atoms with Gasteiger partial charge in [0.05, 0.1) is 19.3 Å². The Morgan fingerprint density at radius 2 is 2.12 bits per heavy atom. The maximum atomic E-state index is 12.8. The maximum absolute atomic E-state index is 12.8. The molecule has 1 amide bonds. The van der Waals surface area contributed by atoms with Gasteiger partial charge >= 0.3 is 0 Å². The van der Waals surface area contributed by atoms with Crippen LogP contribution in [0.4, 0.5) is 0 Å². The van der Waals surface area contributed by atoms with E-state index in [1.807, 2.05) is 29.2 Å². The number of carbonyl (C=O) groups is 1. The van der Waals surface area contributed by atoms with Crippen molar-refractivity contribution in [2.45, 2.75) is 38.7 Å². The molecule has 6 heteroatoms. The van der Waals surface area contributed by atoms with Gasteiger partial charge in [-0.2, -0.15) is 0 Å². The number of unbranched alkanes of at least 4 members (excludes halogenated alkanes) is 1. The number of likely N-dealkylation sites (tertiary alicyclic amines) is 1. The zero-order chi connectivity index (χ0) is 18.2. The zero-order valence-corrected chi connectivity index (χ0v) is 15.1. The minimum atomic E-state index is -0.0546. The molecular weight excluding hydrogens is 330 g/mol. The van der Waals surface area contributed by atoms with Crippen LogP contribution in [0.1, 0.15) is 43.0 Å². The lowest BCUT2D eigenvalue weighted by Gasteiger charge is -2.32. The molecule has 0 bridgehead atoms. The average molecular weight is 355 g/mol. The van der Waals surface area contributed by atoms with Crippen LogP contribution in [0.15, 0.2) is 42.9 Å². The van der Waals surface area contributed by atoms with Crippen molar-refractivity contribution in [1.82, 2.24) is 14.9 Å². The molecule has 1 aromatic heterocycles. The van der Waals surface area contributed by atoms with E-state index in [-0.39, 0.29) is 12.0 Å². The first kappa shape index (κ1) is 18.2. The molecule has 1 atom stereocenters. The van der Waals surface area contributed by atoms with Gasteiger partial charge < -0.3 is 14.4 Å². The predicted molar refractivity (Wildman–Crippen MR) is 98.4 cm³/mol. The third kappa shape index (κ3) is 4.94. The van der Waals surface area contributed by atoms with Gasteiger partial charge in [0.2, 0.25) is 5.88 Å². The van der Waals surface area contributed by atoms with Crippen LogP contribution < -0.4 is 9.47 Å². The predicted octanol–water partition coefficient (Wildman–Crippen LogP) is 3.34. The summed E-state index contributed by atoms with van der Waals surface area (Å²) >= 11 is 0. The highest BCUT2D eigenvalue weighted by Crippen LogP contribution is 2.19. The molecule has 1 aromatic carbocycles. The largest absolute Gasteiger partial charge is 0.494 e. The average Bonchev–Trinajstić information content (AvgIpc) is 2.69. The molecule has 0 aliphatic carbocycles. The van der Waals surface area contributed by atoms with Gasteiger partial charge in [0, 0.05) is 24.5 Å². The normalized spacial score (nSPS) is 17.0. The molecule has 0 N–H and O–H groups in total. The number of carbonyl (C=O) groups excluding carboxylic acids is 1. The summed E-state index contributed by atoms with van der Waals surface area (Å²) in [7, 11) is 0. The van der Waals surface area contributed by atoms with Gasteiger partial charge in [0.1, 0.15) is 11.9 Å². The number of benzene rings is 1. The Hall–Kier alpha value is -2.63. The Kier molecular flexibility index (Phi) is 6.41. The summed E-state index contributed by atoms with van der Waals surface area (Å²) in [5.74, 6) is 1.33. The van der Waals surface area contributed by atoms with E-state index in [1.165, 1.54) is 0 Å². The monoisotopic (exact) mass is 355 g/mol. The summed E-state index contributed by atoms with van der Waals surface area (Å²) in [5.41, 5.74) is 0.674. The van der Waals surface area contributed by atoms with Crippen molar-refractivity contribution in [3.63, 3.8) is 0 Å². The number of rotatable bonds is 7. The SMILES string of the molecule is CCCCOc1ccc(C(=O)N2CCCC(Oc3cnccn3)C2)cc1. The van der Waals surface area contributed by atoms with Crippen molar-refractivity contribution < 1.29 is 14.3 Å². The number of piperidine rings is 1. The van der Waals surface area contributed by atoms with Gasteiger partial charge in [-0.1, -0.05) is 13.3 Å². The fourth-order valence-corrected chi connectivity index (χ4v) is 2.95. The first-order valence-electron chi connectivity index (χ1n) is 9.21. The molecule has 1 aliphatic heterocycles. The topological polar surface area (TPSA) is 64.5 Å². The molecule has 2 aromatic rings. The molecular formula is C20H25N3O3. The van der Waals surface area contributed by atoms with Crippen molar-refractivity contribution in [3.05, 3.63) is 48.4 Å². The fourth-order valence-electron chi connectivity index (χ4n) is 2.95. The van der Waals surface area contributed by atoms with Crippen molar-refractivity contribution in [3.8, 4) is 11.6 Å². The molecule has 1 fully saturated rings. The lowest BCUT2D eigenvalue weighted by atomic mass is 10.1. The van der Waals surface area contributed by atoms with E-state index in [4.69, 9.17) is 9.47 Å². The Labute approximate surface area is 154 Å². The lowest BCUT2D eigenvalue weighted by Crippen LogP contribution is -2.44. The van der Waals surface area contributed by atoms with E-state index in [2.05, 4.69) is 16.9 Å². The van der Waals surface area contributed by atoms with Crippen molar-refractivity contribution in [2.75, 3.05) is 19.7 Å². The molecule has 26 heavy (non-hydrogen) atoms. The van der Waals surface area contributed by atoms with E-state index in [9.17, 15) is 4.79 Å².